The highest BCUT2D eigenvalue weighted by molar-refractivity contribution is 7.97. The van der Waals surface area contributed by atoms with Gasteiger partial charge >= 0.3 is 0 Å². The zero-order valence-corrected chi connectivity index (χ0v) is 12.7. The fourth-order valence-corrected chi connectivity index (χ4v) is 2.04. The van der Waals surface area contributed by atoms with Crippen molar-refractivity contribution in [1.29, 1.82) is 0 Å². The zero-order valence-electron chi connectivity index (χ0n) is 11.1. The molecular formula is C13H21ClN2OS. The minimum absolute atomic E-state index is 0. The first-order chi connectivity index (χ1) is 8.19. The maximum absolute atomic E-state index is 12.0. The molecule has 1 aromatic rings. The highest BCUT2D eigenvalue weighted by Crippen LogP contribution is 2.11. The van der Waals surface area contributed by atoms with E-state index in [9.17, 15) is 4.79 Å². The van der Waals surface area contributed by atoms with Crippen molar-refractivity contribution in [2.24, 2.45) is 0 Å². The highest BCUT2D eigenvalue weighted by atomic mass is 35.5. The average Bonchev–Trinajstić information content (AvgIpc) is 2.36. The Morgan fingerprint density at radius 3 is 2.44 bits per heavy atom. The van der Waals surface area contributed by atoms with Crippen molar-refractivity contribution >= 4 is 30.1 Å². The molecule has 5 heteroatoms. The summed E-state index contributed by atoms with van der Waals surface area (Å²) in [7, 11) is 3.71. The van der Waals surface area contributed by atoms with Gasteiger partial charge in [-0.05, 0) is 31.0 Å². The Balaban J connectivity index is 0.00000289. The number of hydrogen-bond acceptors (Lipinski definition) is 3. The number of amides is 1. The van der Waals surface area contributed by atoms with Gasteiger partial charge in [-0.1, -0.05) is 12.1 Å². The van der Waals surface area contributed by atoms with E-state index < -0.39 is 0 Å². The average molecular weight is 289 g/mol. The van der Waals surface area contributed by atoms with Crippen LogP contribution in [0.5, 0.6) is 0 Å². The molecule has 0 fully saturated rings. The quantitative estimate of drug-likeness (QED) is 0.871. The van der Waals surface area contributed by atoms with Gasteiger partial charge in [0.05, 0.1) is 0 Å². The topological polar surface area (TPSA) is 32.3 Å². The summed E-state index contributed by atoms with van der Waals surface area (Å²) in [5.74, 6) is 1.07. The maximum atomic E-state index is 12.0. The minimum atomic E-state index is 0. The van der Waals surface area contributed by atoms with Crippen molar-refractivity contribution in [3.8, 4) is 0 Å². The van der Waals surface area contributed by atoms with Gasteiger partial charge in [0.25, 0.3) is 5.91 Å². The summed E-state index contributed by atoms with van der Waals surface area (Å²) >= 11 is 1.78. The van der Waals surface area contributed by atoms with Gasteiger partial charge in [-0.25, -0.2) is 0 Å². The molecule has 0 aromatic heterocycles. The number of halogens is 1. The number of carbonyl (C=O) groups is 1. The normalized spacial score (nSPS) is 9.72. The Labute approximate surface area is 120 Å². The summed E-state index contributed by atoms with van der Waals surface area (Å²) in [5.41, 5.74) is 2.01. The molecule has 0 radical (unpaired) electrons. The standard InChI is InChI=1S/C13H20N2OS.ClH/c1-14-8-9-15(2)13(16)12-6-4-11(5-7-12)10-17-3;/h4-7,14H,8-10H2,1-3H3;1H. The van der Waals surface area contributed by atoms with E-state index in [1.165, 1.54) is 5.56 Å². The number of likely N-dealkylation sites (N-methyl/N-ethyl adjacent to an activating group) is 2. The van der Waals surface area contributed by atoms with Crippen molar-refractivity contribution in [2.75, 3.05) is 33.4 Å². The molecule has 102 valence electrons. The Morgan fingerprint density at radius 2 is 1.94 bits per heavy atom. The SMILES string of the molecule is CNCCN(C)C(=O)c1ccc(CSC)cc1.Cl. The predicted octanol–water partition coefficient (Wildman–Crippen LogP) is 2.26. The van der Waals surface area contributed by atoms with Gasteiger partial charge < -0.3 is 10.2 Å². The first kappa shape index (κ1) is 17.3. The summed E-state index contributed by atoms with van der Waals surface area (Å²) in [6.45, 7) is 1.54. The van der Waals surface area contributed by atoms with Crippen LogP contribution in [-0.4, -0.2) is 44.2 Å². The Kier molecular flexibility index (Phi) is 8.89. The summed E-state index contributed by atoms with van der Waals surface area (Å²) < 4.78 is 0. The molecule has 0 aliphatic heterocycles. The number of thioether (sulfide) groups is 1. The molecule has 1 rings (SSSR count). The summed E-state index contributed by atoms with van der Waals surface area (Å²) in [6.07, 6.45) is 2.07. The third kappa shape index (κ3) is 5.29. The van der Waals surface area contributed by atoms with Crippen LogP contribution in [0.25, 0.3) is 0 Å². The Morgan fingerprint density at radius 1 is 1.33 bits per heavy atom. The highest BCUT2D eigenvalue weighted by Gasteiger charge is 2.10. The number of carbonyl (C=O) groups excluding carboxylic acids is 1. The molecule has 0 heterocycles. The lowest BCUT2D eigenvalue weighted by molar-refractivity contribution is 0.0797. The van der Waals surface area contributed by atoms with Gasteiger partial charge in [0.2, 0.25) is 0 Å². The lowest BCUT2D eigenvalue weighted by Gasteiger charge is -2.17. The van der Waals surface area contributed by atoms with E-state index in [0.29, 0.717) is 0 Å². The van der Waals surface area contributed by atoms with Crippen molar-refractivity contribution in [1.82, 2.24) is 10.2 Å². The first-order valence-corrected chi connectivity index (χ1v) is 7.06. The zero-order chi connectivity index (χ0) is 12.7. The lowest BCUT2D eigenvalue weighted by Crippen LogP contribution is -2.32. The second-order valence-electron chi connectivity index (χ2n) is 3.96. The third-order valence-corrected chi connectivity index (χ3v) is 3.18. The van der Waals surface area contributed by atoms with E-state index in [-0.39, 0.29) is 18.3 Å². The van der Waals surface area contributed by atoms with Gasteiger partial charge in [-0.15, -0.1) is 12.4 Å². The smallest absolute Gasteiger partial charge is 0.253 e. The van der Waals surface area contributed by atoms with Gasteiger partial charge in [0.15, 0.2) is 0 Å². The molecule has 0 unspecified atom stereocenters. The molecule has 3 nitrogen and oxygen atoms in total. The molecule has 0 saturated heterocycles. The van der Waals surface area contributed by atoms with Crippen molar-refractivity contribution in [2.45, 2.75) is 5.75 Å². The molecular weight excluding hydrogens is 268 g/mol. The first-order valence-electron chi connectivity index (χ1n) is 5.67. The molecule has 0 aliphatic carbocycles. The van der Waals surface area contributed by atoms with Crippen LogP contribution in [0.4, 0.5) is 0 Å². The number of nitrogens with zero attached hydrogens (tertiary/aromatic N) is 1. The summed E-state index contributed by atoms with van der Waals surface area (Å²) in [4.78, 5) is 13.7. The maximum Gasteiger partial charge on any atom is 0.253 e. The monoisotopic (exact) mass is 288 g/mol. The Hall–Kier alpha value is -0.710. The van der Waals surface area contributed by atoms with E-state index in [1.807, 2.05) is 38.4 Å². The van der Waals surface area contributed by atoms with E-state index in [1.54, 1.807) is 16.7 Å². The van der Waals surface area contributed by atoms with Gasteiger partial charge in [0.1, 0.15) is 0 Å². The second kappa shape index (κ2) is 9.25. The molecule has 18 heavy (non-hydrogen) atoms. The lowest BCUT2D eigenvalue weighted by atomic mass is 10.1. The number of benzene rings is 1. The molecule has 0 spiro atoms. The molecule has 0 bridgehead atoms. The predicted molar refractivity (Wildman–Crippen MR) is 81.8 cm³/mol. The van der Waals surface area contributed by atoms with Crippen molar-refractivity contribution in [3.05, 3.63) is 35.4 Å². The van der Waals surface area contributed by atoms with Crippen molar-refractivity contribution < 1.29 is 4.79 Å². The van der Waals surface area contributed by atoms with Gasteiger partial charge in [-0.3, -0.25) is 4.79 Å². The molecule has 0 saturated carbocycles. The van der Waals surface area contributed by atoms with Crippen LogP contribution in [0.2, 0.25) is 0 Å². The fraction of sp³-hybridized carbons (Fsp3) is 0.462. The van der Waals surface area contributed by atoms with Crippen LogP contribution in [0.3, 0.4) is 0 Å². The Bertz CT molecular complexity index is 357. The number of rotatable bonds is 6. The van der Waals surface area contributed by atoms with Gasteiger partial charge in [0, 0.05) is 31.5 Å². The molecule has 1 N–H and O–H groups in total. The molecule has 0 aliphatic rings. The summed E-state index contributed by atoms with van der Waals surface area (Å²) in [6, 6.07) is 7.86. The molecule has 1 aromatic carbocycles. The summed E-state index contributed by atoms with van der Waals surface area (Å²) in [5, 5.41) is 3.03. The van der Waals surface area contributed by atoms with Crippen LogP contribution < -0.4 is 5.32 Å². The number of hydrogen-bond donors (Lipinski definition) is 1. The fourth-order valence-electron chi connectivity index (χ4n) is 1.51. The van der Waals surface area contributed by atoms with E-state index >= 15 is 0 Å². The van der Waals surface area contributed by atoms with Gasteiger partial charge in [-0.2, -0.15) is 11.8 Å². The van der Waals surface area contributed by atoms with Crippen LogP contribution in [0.15, 0.2) is 24.3 Å². The van der Waals surface area contributed by atoms with Crippen LogP contribution in [-0.2, 0) is 5.75 Å². The van der Waals surface area contributed by atoms with E-state index in [2.05, 4.69) is 11.6 Å². The third-order valence-electron chi connectivity index (χ3n) is 2.56. The van der Waals surface area contributed by atoms with Crippen LogP contribution in [0.1, 0.15) is 15.9 Å². The second-order valence-corrected chi connectivity index (χ2v) is 4.83. The van der Waals surface area contributed by atoms with E-state index in [4.69, 9.17) is 0 Å². The molecule has 0 atom stereocenters. The molecule has 1 amide bonds. The van der Waals surface area contributed by atoms with Crippen LogP contribution in [0, 0.1) is 0 Å². The minimum Gasteiger partial charge on any atom is -0.340 e. The van der Waals surface area contributed by atoms with Crippen LogP contribution >= 0.6 is 24.2 Å². The van der Waals surface area contributed by atoms with Crippen molar-refractivity contribution in [3.63, 3.8) is 0 Å². The largest absolute Gasteiger partial charge is 0.340 e. The number of nitrogens with one attached hydrogen (secondary N) is 1. The van der Waals surface area contributed by atoms with E-state index in [0.717, 1.165) is 24.4 Å².